The fourth-order valence-corrected chi connectivity index (χ4v) is 1.66. The first-order valence-electron chi connectivity index (χ1n) is 4.59. The number of rotatable bonds is 2. The lowest BCUT2D eigenvalue weighted by Gasteiger charge is -2.19. The van der Waals surface area contributed by atoms with Crippen LogP contribution in [0.4, 0.5) is 10.5 Å². The molecule has 0 aliphatic rings. The Morgan fingerprint density at radius 1 is 1.40 bits per heavy atom. The van der Waals surface area contributed by atoms with Crippen molar-refractivity contribution in [2.75, 3.05) is 19.1 Å². The van der Waals surface area contributed by atoms with Gasteiger partial charge in [-0.3, -0.25) is 4.79 Å². The molecule has 0 heterocycles. The largest absolute Gasteiger partial charge is 0.494 e. The van der Waals surface area contributed by atoms with E-state index in [0.717, 1.165) is 16.8 Å². The SMILES string of the molecule is COc1c(C)cc(C)cc1N(C)C(=O)S. The van der Waals surface area contributed by atoms with E-state index in [9.17, 15) is 4.79 Å². The fraction of sp³-hybridized carbons (Fsp3) is 0.364. The van der Waals surface area contributed by atoms with E-state index in [-0.39, 0.29) is 5.24 Å². The number of thiol groups is 1. The molecule has 0 aliphatic heterocycles. The van der Waals surface area contributed by atoms with Crippen molar-refractivity contribution in [2.45, 2.75) is 13.8 Å². The zero-order valence-corrected chi connectivity index (χ0v) is 10.3. The first-order valence-corrected chi connectivity index (χ1v) is 5.04. The van der Waals surface area contributed by atoms with Gasteiger partial charge in [0.15, 0.2) is 0 Å². The van der Waals surface area contributed by atoms with Gasteiger partial charge in [-0.1, -0.05) is 18.7 Å². The molecular weight excluding hydrogens is 210 g/mol. The van der Waals surface area contributed by atoms with Crippen LogP contribution in [0.2, 0.25) is 0 Å². The van der Waals surface area contributed by atoms with Crippen molar-refractivity contribution in [3.8, 4) is 5.75 Å². The molecule has 0 atom stereocenters. The van der Waals surface area contributed by atoms with E-state index in [1.165, 1.54) is 4.90 Å². The topological polar surface area (TPSA) is 29.5 Å². The number of carbonyl (C=O) groups is 1. The second kappa shape index (κ2) is 4.57. The Balaban J connectivity index is 3.32. The third-order valence-corrected chi connectivity index (χ3v) is 2.55. The molecule has 1 aromatic carbocycles. The van der Waals surface area contributed by atoms with Crippen molar-refractivity contribution in [3.05, 3.63) is 23.3 Å². The molecule has 1 rings (SSSR count). The third-order valence-electron chi connectivity index (χ3n) is 2.25. The summed E-state index contributed by atoms with van der Waals surface area (Å²) in [6.45, 7) is 3.93. The molecule has 0 saturated heterocycles. The van der Waals surface area contributed by atoms with Gasteiger partial charge in [0.1, 0.15) is 5.75 Å². The van der Waals surface area contributed by atoms with Crippen molar-refractivity contribution >= 4 is 23.6 Å². The summed E-state index contributed by atoms with van der Waals surface area (Å²) < 4.78 is 5.27. The predicted octanol–water partition coefficient (Wildman–Crippen LogP) is 2.80. The zero-order valence-electron chi connectivity index (χ0n) is 9.37. The molecule has 0 aromatic heterocycles. The molecule has 0 bridgehead atoms. The van der Waals surface area contributed by atoms with E-state index in [1.807, 2.05) is 26.0 Å². The molecule has 1 aromatic rings. The number of aryl methyl sites for hydroxylation is 2. The molecule has 0 radical (unpaired) electrons. The Hall–Kier alpha value is -1.16. The van der Waals surface area contributed by atoms with Gasteiger partial charge >= 0.3 is 0 Å². The Morgan fingerprint density at radius 3 is 2.47 bits per heavy atom. The van der Waals surface area contributed by atoms with Gasteiger partial charge in [-0.25, -0.2) is 0 Å². The summed E-state index contributed by atoms with van der Waals surface area (Å²) >= 11 is 3.79. The highest BCUT2D eigenvalue weighted by atomic mass is 32.1. The van der Waals surface area contributed by atoms with Crippen molar-refractivity contribution in [1.82, 2.24) is 0 Å². The highest BCUT2D eigenvalue weighted by Crippen LogP contribution is 2.32. The molecule has 15 heavy (non-hydrogen) atoms. The minimum absolute atomic E-state index is 0.307. The second-order valence-corrected chi connectivity index (χ2v) is 3.86. The summed E-state index contributed by atoms with van der Waals surface area (Å²) in [4.78, 5) is 12.6. The summed E-state index contributed by atoms with van der Waals surface area (Å²) in [5, 5.41) is -0.307. The average molecular weight is 225 g/mol. The number of ether oxygens (including phenoxy) is 1. The highest BCUT2D eigenvalue weighted by molar-refractivity contribution is 7.96. The van der Waals surface area contributed by atoms with E-state index < -0.39 is 0 Å². The van der Waals surface area contributed by atoms with Crippen molar-refractivity contribution in [1.29, 1.82) is 0 Å². The number of nitrogens with zero attached hydrogens (tertiary/aromatic N) is 1. The number of amides is 1. The molecular formula is C11H15NO2S. The first-order chi connectivity index (χ1) is 6.97. The van der Waals surface area contributed by atoms with Crippen LogP contribution in [0.3, 0.4) is 0 Å². The van der Waals surface area contributed by atoms with E-state index in [0.29, 0.717) is 5.75 Å². The van der Waals surface area contributed by atoms with Crippen molar-refractivity contribution in [3.63, 3.8) is 0 Å². The van der Waals surface area contributed by atoms with Crippen LogP contribution in [0, 0.1) is 13.8 Å². The van der Waals surface area contributed by atoms with Gasteiger partial charge in [-0.05, 0) is 31.0 Å². The van der Waals surface area contributed by atoms with Gasteiger partial charge < -0.3 is 9.64 Å². The molecule has 0 spiro atoms. The monoisotopic (exact) mass is 225 g/mol. The van der Waals surface area contributed by atoms with Crippen LogP contribution in [0.15, 0.2) is 12.1 Å². The Labute approximate surface area is 95.4 Å². The maximum absolute atomic E-state index is 11.2. The van der Waals surface area contributed by atoms with Crippen LogP contribution in [0.1, 0.15) is 11.1 Å². The number of anilines is 1. The Bertz CT molecular complexity index is 390. The van der Waals surface area contributed by atoms with Crippen LogP contribution >= 0.6 is 12.6 Å². The first kappa shape index (κ1) is 11.9. The van der Waals surface area contributed by atoms with Crippen LogP contribution in [-0.2, 0) is 0 Å². The number of hydrogen-bond acceptors (Lipinski definition) is 2. The van der Waals surface area contributed by atoms with Crippen LogP contribution in [-0.4, -0.2) is 19.4 Å². The number of benzene rings is 1. The molecule has 0 aliphatic carbocycles. The lowest BCUT2D eigenvalue weighted by molar-refractivity contribution is 0.266. The minimum Gasteiger partial charge on any atom is -0.494 e. The standard InChI is InChI=1S/C11H15NO2S/c1-7-5-8(2)10(14-4)9(6-7)12(3)11(13)15/h5-6H,1-4H3,(H,13,15). The Kier molecular flexibility index (Phi) is 3.63. The summed E-state index contributed by atoms with van der Waals surface area (Å²) in [6, 6.07) is 3.92. The summed E-state index contributed by atoms with van der Waals surface area (Å²) in [7, 11) is 3.27. The normalized spacial score (nSPS) is 9.93. The molecule has 0 saturated carbocycles. The predicted molar refractivity (Wildman–Crippen MR) is 65.3 cm³/mol. The fourth-order valence-electron chi connectivity index (χ4n) is 1.55. The summed E-state index contributed by atoms with van der Waals surface area (Å²) in [5.41, 5.74) is 2.84. The van der Waals surface area contributed by atoms with Gasteiger partial charge in [-0.2, -0.15) is 0 Å². The Morgan fingerprint density at radius 2 is 2.00 bits per heavy atom. The average Bonchev–Trinajstić information content (AvgIpc) is 2.15. The smallest absolute Gasteiger partial charge is 0.282 e. The van der Waals surface area contributed by atoms with Crippen LogP contribution < -0.4 is 9.64 Å². The van der Waals surface area contributed by atoms with Gasteiger partial charge in [0.25, 0.3) is 5.24 Å². The van der Waals surface area contributed by atoms with Crippen LogP contribution in [0.5, 0.6) is 5.75 Å². The number of methoxy groups -OCH3 is 1. The lowest BCUT2D eigenvalue weighted by Crippen LogP contribution is -2.20. The molecule has 0 unspecified atom stereocenters. The summed E-state index contributed by atoms with van der Waals surface area (Å²) in [5.74, 6) is 0.713. The van der Waals surface area contributed by atoms with Gasteiger partial charge in [0.2, 0.25) is 0 Å². The van der Waals surface area contributed by atoms with Gasteiger partial charge in [-0.15, -0.1) is 0 Å². The molecule has 82 valence electrons. The van der Waals surface area contributed by atoms with E-state index in [2.05, 4.69) is 12.6 Å². The van der Waals surface area contributed by atoms with Gasteiger partial charge in [0.05, 0.1) is 12.8 Å². The number of hydrogen-bond donors (Lipinski definition) is 1. The van der Waals surface area contributed by atoms with Crippen molar-refractivity contribution < 1.29 is 9.53 Å². The second-order valence-electron chi connectivity index (χ2n) is 3.48. The zero-order chi connectivity index (χ0) is 11.6. The molecule has 4 heteroatoms. The maximum Gasteiger partial charge on any atom is 0.282 e. The van der Waals surface area contributed by atoms with Crippen molar-refractivity contribution in [2.24, 2.45) is 0 Å². The molecule has 0 N–H and O–H groups in total. The van der Waals surface area contributed by atoms with E-state index in [1.54, 1.807) is 14.2 Å². The lowest BCUT2D eigenvalue weighted by atomic mass is 10.1. The van der Waals surface area contributed by atoms with Crippen LogP contribution in [0.25, 0.3) is 0 Å². The minimum atomic E-state index is -0.307. The third kappa shape index (κ3) is 2.45. The highest BCUT2D eigenvalue weighted by Gasteiger charge is 2.14. The molecule has 0 fully saturated rings. The van der Waals surface area contributed by atoms with Gasteiger partial charge in [0, 0.05) is 7.05 Å². The molecule has 3 nitrogen and oxygen atoms in total. The number of carbonyl (C=O) groups excluding carboxylic acids is 1. The van der Waals surface area contributed by atoms with E-state index in [4.69, 9.17) is 4.74 Å². The molecule has 1 amide bonds. The quantitative estimate of drug-likeness (QED) is 0.784. The van der Waals surface area contributed by atoms with E-state index >= 15 is 0 Å². The summed E-state index contributed by atoms with van der Waals surface area (Å²) in [6.07, 6.45) is 0. The maximum atomic E-state index is 11.2.